The maximum absolute atomic E-state index is 11.6. The molecule has 6 heteroatoms. The molecule has 0 aromatic heterocycles. The van der Waals surface area contributed by atoms with Crippen LogP contribution in [0.2, 0.25) is 0 Å². The number of nitrogens with one attached hydrogen (secondary N) is 2. The summed E-state index contributed by atoms with van der Waals surface area (Å²) in [7, 11) is 0. The van der Waals surface area contributed by atoms with Crippen LogP contribution in [0.15, 0.2) is 16.6 Å². The van der Waals surface area contributed by atoms with Gasteiger partial charge in [0.2, 0.25) is 11.8 Å². The highest BCUT2D eigenvalue weighted by atomic mass is 79.9. The minimum atomic E-state index is -0.352. The number of nitrogens with two attached hydrogens (primary N) is 1. The molecule has 1 rings (SSSR count). The van der Waals surface area contributed by atoms with Crippen molar-refractivity contribution in [2.45, 2.75) is 13.8 Å². The molecule has 18 heavy (non-hydrogen) atoms. The molecule has 1 aromatic carbocycles. The van der Waals surface area contributed by atoms with Gasteiger partial charge in [0.05, 0.1) is 13.1 Å². The van der Waals surface area contributed by atoms with Gasteiger partial charge in [-0.1, -0.05) is 15.9 Å². The molecule has 5 nitrogen and oxygen atoms in total. The molecular formula is C12H16BrN3O2. The largest absolute Gasteiger partial charge is 0.346 e. The summed E-state index contributed by atoms with van der Waals surface area (Å²) in [5.41, 5.74) is 7.81. The lowest BCUT2D eigenvalue weighted by atomic mass is 10.1. The number of rotatable bonds is 4. The van der Waals surface area contributed by atoms with Crippen molar-refractivity contribution >= 4 is 33.4 Å². The SMILES string of the molecule is Cc1cc(Br)cc(C)c1NC(=O)CNC(=O)CN. The molecule has 0 aliphatic carbocycles. The normalized spacial score (nSPS) is 10.0. The van der Waals surface area contributed by atoms with E-state index in [1.54, 1.807) is 0 Å². The molecule has 98 valence electrons. The van der Waals surface area contributed by atoms with Crippen LogP contribution in [0.3, 0.4) is 0 Å². The van der Waals surface area contributed by atoms with Crippen LogP contribution in [0.4, 0.5) is 5.69 Å². The van der Waals surface area contributed by atoms with Crippen LogP contribution in [0, 0.1) is 13.8 Å². The molecule has 0 atom stereocenters. The first-order chi connectivity index (χ1) is 8.43. The zero-order valence-corrected chi connectivity index (χ0v) is 11.9. The maximum Gasteiger partial charge on any atom is 0.243 e. The third kappa shape index (κ3) is 4.12. The predicted octanol–water partition coefficient (Wildman–Crippen LogP) is 1.08. The molecule has 0 heterocycles. The summed E-state index contributed by atoms with van der Waals surface area (Å²) in [6, 6.07) is 3.84. The van der Waals surface area contributed by atoms with Crippen LogP contribution in [0.25, 0.3) is 0 Å². The Bertz CT molecular complexity index is 451. The molecule has 0 spiro atoms. The zero-order valence-electron chi connectivity index (χ0n) is 10.3. The fraction of sp³-hybridized carbons (Fsp3) is 0.333. The van der Waals surface area contributed by atoms with Crippen LogP contribution in [-0.4, -0.2) is 24.9 Å². The molecule has 0 saturated heterocycles. The van der Waals surface area contributed by atoms with Gasteiger partial charge in [-0.2, -0.15) is 0 Å². The second-order valence-electron chi connectivity index (χ2n) is 3.94. The Morgan fingerprint density at radius 1 is 1.22 bits per heavy atom. The Morgan fingerprint density at radius 3 is 2.28 bits per heavy atom. The maximum atomic E-state index is 11.6. The number of carbonyl (C=O) groups excluding carboxylic acids is 2. The third-order valence-corrected chi connectivity index (χ3v) is 2.85. The number of amides is 2. The van der Waals surface area contributed by atoms with E-state index in [9.17, 15) is 9.59 Å². The van der Waals surface area contributed by atoms with Gasteiger partial charge >= 0.3 is 0 Å². The molecule has 0 radical (unpaired) electrons. The molecule has 4 N–H and O–H groups in total. The van der Waals surface area contributed by atoms with Crippen LogP contribution in [0.5, 0.6) is 0 Å². The summed E-state index contributed by atoms with van der Waals surface area (Å²) >= 11 is 3.39. The van der Waals surface area contributed by atoms with Gasteiger partial charge < -0.3 is 16.4 Å². The average molecular weight is 314 g/mol. The van der Waals surface area contributed by atoms with E-state index in [1.807, 2.05) is 26.0 Å². The molecule has 0 aliphatic heterocycles. The van der Waals surface area contributed by atoms with E-state index in [0.717, 1.165) is 21.3 Å². The van der Waals surface area contributed by atoms with Crippen LogP contribution in [-0.2, 0) is 9.59 Å². The topological polar surface area (TPSA) is 84.2 Å². The third-order valence-electron chi connectivity index (χ3n) is 2.39. The monoisotopic (exact) mass is 313 g/mol. The average Bonchev–Trinajstić information content (AvgIpc) is 2.30. The number of halogens is 1. The second-order valence-corrected chi connectivity index (χ2v) is 4.86. The Morgan fingerprint density at radius 2 is 1.78 bits per heavy atom. The number of hydrogen-bond donors (Lipinski definition) is 3. The van der Waals surface area contributed by atoms with E-state index in [0.29, 0.717) is 0 Å². The van der Waals surface area contributed by atoms with Crippen molar-refractivity contribution in [2.24, 2.45) is 5.73 Å². The van der Waals surface area contributed by atoms with Crippen molar-refractivity contribution in [2.75, 3.05) is 18.4 Å². The number of anilines is 1. The van der Waals surface area contributed by atoms with Crippen molar-refractivity contribution in [1.29, 1.82) is 0 Å². The Hall–Kier alpha value is -1.40. The molecule has 0 saturated carbocycles. The number of carbonyl (C=O) groups is 2. The highest BCUT2D eigenvalue weighted by Gasteiger charge is 2.09. The van der Waals surface area contributed by atoms with E-state index < -0.39 is 0 Å². The van der Waals surface area contributed by atoms with Crippen molar-refractivity contribution in [1.82, 2.24) is 5.32 Å². The van der Waals surface area contributed by atoms with E-state index in [4.69, 9.17) is 5.73 Å². The van der Waals surface area contributed by atoms with E-state index in [-0.39, 0.29) is 24.9 Å². The van der Waals surface area contributed by atoms with Gasteiger partial charge in [0, 0.05) is 10.2 Å². The van der Waals surface area contributed by atoms with Crippen LogP contribution in [0.1, 0.15) is 11.1 Å². The molecule has 0 fully saturated rings. The number of hydrogen-bond acceptors (Lipinski definition) is 3. The lowest BCUT2D eigenvalue weighted by molar-refractivity contribution is -0.123. The van der Waals surface area contributed by atoms with Crippen LogP contribution >= 0.6 is 15.9 Å². The Labute approximate surface area is 114 Å². The highest BCUT2D eigenvalue weighted by molar-refractivity contribution is 9.10. The van der Waals surface area contributed by atoms with Gasteiger partial charge in [0.15, 0.2) is 0 Å². The molecular weight excluding hydrogens is 298 g/mol. The summed E-state index contributed by atoms with van der Waals surface area (Å²) < 4.78 is 0.965. The van der Waals surface area contributed by atoms with Gasteiger partial charge in [-0.3, -0.25) is 9.59 Å². The number of aryl methyl sites for hydroxylation is 2. The Balaban J connectivity index is 2.68. The minimum Gasteiger partial charge on any atom is -0.346 e. The highest BCUT2D eigenvalue weighted by Crippen LogP contribution is 2.24. The quantitative estimate of drug-likeness (QED) is 0.777. The van der Waals surface area contributed by atoms with E-state index in [1.165, 1.54) is 0 Å². The molecule has 0 bridgehead atoms. The van der Waals surface area contributed by atoms with E-state index >= 15 is 0 Å². The predicted molar refractivity (Wildman–Crippen MR) is 74.3 cm³/mol. The van der Waals surface area contributed by atoms with Gasteiger partial charge in [-0.15, -0.1) is 0 Å². The summed E-state index contributed by atoms with van der Waals surface area (Å²) in [6.07, 6.45) is 0. The molecule has 1 aromatic rings. The fourth-order valence-electron chi connectivity index (χ4n) is 1.54. The van der Waals surface area contributed by atoms with E-state index in [2.05, 4.69) is 26.6 Å². The summed E-state index contributed by atoms with van der Waals surface area (Å²) in [5.74, 6) is -0.625. The van der Waals surface area contributed by atoms with Crippen molar-refractivity contribution in [3.63, 3.8) is 0 Å². The first-order valence-corrected chi connectivity index (χ1v) is 6.26. The lowest BCUT2D eigenvalue weighted by Gasteiger charge is -2.12. The standard InChI is InChI=1S/C12H16BrN3O2/c1-7-3-9(13)4-8(2)12(7)16-11(18)6-15-10(17)5-14/h3-4H,5-6,14H2,1-2H3,(H,15,17)(H,16,18). The fourth-order valence-corrected chi connectivity index (χ4v) is 2.23. The van der Waals surface area contributed by atoms with Crippen molar-refractivity contribution in [3.8, 4) is 0 Å². The first-order valence-electron chi connectivity index (χ1n) is 5.47. The Kier molecular flexibility index (Phi) is 5.30. The summed E-state index contributed by atoms with van der Waals surface area (Å²) in [5, 5.41) is 5.19. The van der Waals surface area contributed by atoms with Crippen molar-refractivity contribution < 1.29 is 9.59 Å². The molecule has 0 unspecified atom stereocenters. The van der Waals surface area contributed by atoms with Gasteiger partial charge in [0.1, 0.15) is 0 Å². The van der Waals surface area contributed by atoms with Gasteiger partial charge in [0.25, 0.3) is 0 Å². The van der Waals surface area contributed by atoms with Gasteiger partial charge in [-0.25, -0.2) is 0 Å². The zero-order chi connectivity index (χ0) is 13.7. The summed E-state index contributed by atoms with van der Waals surface area (Å²) in [4.78, 5) is 22.6. The van der Waals surface area contributed by atoms with Crippen molar-refractivity contribution in [3.05, 3.63) is 27.7 Å². The number of benzene rings is 1. The minimum absolute atomic E-state index is 0.0784. The molecule has 2 amide bonds. The lowest BCUT2D eigenvalue weighted by Crippen LogP contribution is -2.36. The molecule has 0 aliphatic rings. The second kappa shape index (κ2) is 6.51. The smallest absolute Gasteiger partial charge is 0.243 e. The van der Waals surface area contributed by atoms with Crippen LogP contribution < -0.4 is 16.4 Å². The summed E-state index contributed by atoms with van der Waals surface area (Å²) in [6.45, 7) is 3.62. The first kappa shape index (κ1) is 14.7. The van der Waals surface area contributed by atoms with Gasteiger partial charge in [-0.05, 0) is 37.1 Å².